The molecule has 0 bridgehead atoms. The van der Waals surface area contributed by atoms with Crippen molar-refractivity contribution in [2.24, 2.45) is 0 Å². The van der Waals surface area contributed by atoms with Crippen LogP contribution in [0.1, 0.15) is 29.4 Å². The molecule has 108 valence electrons. The van der Waals surface area contributed by atoms with Gasteiger partial charge in [-0.15, -0.1) is 0 Å². The van der Waals surface area contributed by atoms with Gasteiger partial charge in [0.15, 0.2) is 0 Å². The molecule has 3 nitrogen and oxygen atoms in total. The van der Waals surface area contributed by atoms with Gasteiger partial charge in [0.05, 0.1) is 19.1 Å². The van der Waals surface area contributed by atoms with E-state index in [-0.39, 0.29) is 24.0 Å². The molecule has 0 saturated heterocycles. The van der Waals surface area contributed by atoms with Gasteiger partial charge in [0.1, 0.15) is 11.5 Å². The van der Waals surface area contributed by atoms with E-state index in [9.17, 15) is 9.90 Å². The van der Waals surface area contributed by atoms with Gasteiger partial charge in [0.2, 0.25) is 0 Å². The number of carbonyl (C=O) groups is 1. The van der Waals surface area contributed by atoms with Crippen molar-refractivity contribution in [1.29, 1.82) is 0 Å². The number of hydrogen-bond acceptors (Lipinski definition) is 3. The number of Topliss-reactive ketones (excluding diaryl/α,β-unsaturated/α-hetero) is 1. The lowest BCUT2D eigenvalue weighted by molar-refractivity contribution is -0.119. The highest BCUT2D eigenvalue weighted by atomic mass is 16.5. The van der Waals surface area contributed by atoms with Gasteiger partial charge in [0.25, 0.3) is 0 Å². The summed E-state index contributed by atoms with van der Waals surface area (Å²) < 4.78 is 5.16. The summed E-state index contributed by atoms with van der Waals surface area (Å²) in [6.45, 7) is 0. The van der Waals surface area contributed by atoms with E-state index >= 15 is 0 Å². The van der Waals surface area contributed by atoms with Crippen LogP contribution in [0.5, 0.6) is 5.75 Å². The summed E-state index contributed by atoms with van der Waals surface area (Å²) >= 11 is 0. The number of rotatable bonds is 3. The molecule has 0 aliphatic heterocycles. The van der Waals surface area contributed by atoms with Gasteiger partial charge in [0, 0.05) is 12.3 Å². The molecule has 1 saturated carbocycles. The van der Waals surface area contributed by atoms with Crippen LogP contribution < -0.4 is 4.74 Å². The Bertz CT molecular complexity index is 619. The van der Waals surface area contributed by atoms with Crippen LogP contribution in [-0.4, -0.2) is 24.1 Å². The van der Waals surface area contributed by atoms with Crippen LogP contribution in [0, 0.1) is 0 Å². The highest BCUT2D eigenvalue weighted by Gasteiger charge is 2.43. The molecule has 0 unspecified atom stereocenters. The average Bonchev–Trinajstić information content (AvgIpc) is 2.82. The number of aliphatic hydroxyl groups excluding tert-OH is 1. The second kappa shape index (κ2) is 5.70. The normalized spacial score (nSPS) is 25.0. The monoisotopic (exact) mass is 282 g/mol. The Morgan fingerprint density at radius 2 is 1.67 bits per heavy atom. The molecule has 1 fully saturated rings. The average molecular weight is 282 g/mol. The van der Waals surface area contributed by atoms with Gasteiger partial charge in [-0.25, -0.2) is 0 Å². The summed E-state index contributed by atoms with van der Waals surface area (Å²) in [6, 6.07) is 17.3. The van der Waals surface area contributed by atoms with Crippen LogP contribution in [0.4, 0.5) is 0 Å². The molecule has 0 amide bonds. The van der Waals surface area contributed by atoms with Crippen molar-refractivity contribution in [3.05, 3.63) is 65.7 Å². The van der Waals surface area contributed by atoms with E-state index < -0.39 is 6.10 Å². The number of carbonyl (C=O) groups excluding carboxylic acids is 1. The van der Waals surface area contributed by atoms with Crippen molar-refractivity contribution >= 4 is 5.78 Å². The maximum Gasteiger partial charge on any atom is 0.143 e. The smallest absolute Gasteiger partial charge is 0.143 e. The number of methoxy groups -OCH3 is 1. The van der Waals surface area contributed by atoms with E-state index in [1.54, 1.807) is 7.11 Å². The number of benzene rings is 2. The molecule has 1 aliphatic rings. The lowest BCUT2D eigenvalue weighted by Gasteiger charge is -2.22. The number of aliphatic hydroxyl groups is 1. The highest BCUT2D eigenvalue weighted by molar-refractivity contribution is 5.90. The summed E-state index contributed by atoms with van der Waals surface area (Å²) in [4.78, 5) is 12.3. The first-order valence-corrected chi connectivity index (χ1v) is 7.10. The largest absolute Gasteiger partial charge is 0.497 e. The molecular formula is C18H18O3. The molecule has 3 rings (SSSR count). The van der Waals surface area contributed by atoms with Gasteiger partial charge < -0.3 is 9.84 Å². The van der Waals surface area contributed by atoms with E-state index in [0.29, 0.717) is 0 Å². The van der Waals surface area contributed by atoms with E-state index in [4.69, 9.17) is 4.74 Å². The lowest BCUT2D eigenvalue weighted by atomic mass is 9.83. The number of ketones is 1. The predicted molar refractivity (Wildman–Crippen MR) is 80.5 cm³/mol. The van der Waals surface area contributed by atoms with Crippen LogP contribution >= 0.6 is 0 Å². The molecule has 1 N–H and O–H groups in total. The Balaban J connectivity index is 1.99. The van der Waals surface area contributed by atoms with Gasteiger partial charge in [-0.2, -0.15) is 0 Å². The maximum atomic E-state index is 12.3. The Hall–Kier alpha value is -2.13. The third-order valence-electron chi connectivity index (χ3n) is 4.19. The summed E-state index contributed by atoms with van der Waals surface area (Å²) in [7, 11) is 1.62. The first-order chi connectivity index (χ1) is 10.2. The van der Waals surface area contributed by atoms with E-state index in [1.807, 2.05) is 54.6 Å². The van der Waals surface area contributed by atoms with Gasteiger partial charge in [-0.1, -0.05) is 42.5 Å². The van der Waals surface area contributed by atoms with Crippen molar-refractivity contribution < 1.29 is 14.6 Å². The summed E-state index contributed by atoms with van der Waals surface area (Å²) in [5, 5.41) is 10.3. The molecular weight excluding hydrogens is 264 g/mol. The van der Waals surface area contributed by atoms with Crippen LogP contribution in [0.2, 0.25) is 0 Å². The maximum absolute atomic E-state index is 12.3. The molecule has 0 aromatic heterocycles. The molecule has 3 heteroatoms. The van der Waals surface area contributed by atoms with Crippen LogP contribution in [0.15, 0.2) is 54.6 Å². The fourth-order valence-corrected chi connectivity index (χ4v) is 3.18. The van der Waals surface area contributed by atoms with E-state index in [0.717, 1.165) is 16.9 Å². The molecule has 1 aliphatic carbocycles. The Kier molecular flexibility index (Phi) is 3.76. The lowest BCUT2D eigenvalue weighted by Crippen LogP contribution is -2.17. The number of ether oxygens (including phenoxy) is 1. The topological polar surface area (TPSA) is 46.5 Å². The predicted octanol–water partition coefficient (Wildman–Crippen LogP) is 2.90. The van der Waals surface area contributed by atoms with Gasteiger partial charge >= 0.3 is 0 Å². The SMILES string of the molecule is COc1ccc([C@@H]2[C@@H](c3ccccc3)C(=O)C[C@@H]2O)cc1. The second-order valence-electron chi connectivity index (χ2n) is 5.43. The molecule has 2 aromatic rings. The third-order valence-corrected chi connectivity index (χ3v) is 4.19. The Morgan fingerprint density at radius 1 is 1.00 bits per heavy atom. The Labute approximate surface area is 124 Å². The van der Waals surface area contributed by atoms with Crippen molar-refractivity contribution in [3.63, 3.8) is 0 Å². The second-order valence-corrected chi connectivity index (χ2v) is 5.43. The van der Waals surface area contributed by atoms with Crippen molar-refractivity contribution in [3.8, 4) is 5.75 Å². The zero-order valence-corrected chi connectivity index (χ0v) is 11.9. The van der Waals surface area contributed by atoms with Crippen LogP contribution in [0.25, 0.3) is 0 Å². The highest BCUT2D eigenvalue weighted by Crippen LogP contribution is 2.44. The van der Waals surface area contributed by atoms with Crippen LogP contribution in [-0.2, 0) is 4.79 Å². The van der Waals surface area contributed by atoms with Crippen LogP contribution in [0.3, 0.4) is 0 Å². The number of hydrogen-bond donors (Lipinski definition) is 1. The minimum Gasteiger partial charge on any atom is -0.497 e. The molecule has 3 atom stereocenters. The Morgan fingerprint density at radius 3 is 2.29 bits per heavy atom. The van der Waals surface area contributed by atoms with E-state index in [1.165, 1.54) is 0 Å². The third kappa shape index (κ3) is 2.57. The molecule has 0 spiro atoms. The zero-order chi connectivity index (χ0) is 14.8. The summed E-state index contributed by atoms with van der Waals surface area (Å²) in [5.74, 6) is 0.420. The fourth-order valence-electron chi connectivity index (χ4n) is 3.18. The zero-order valence-electron chi connectivity index (χ0n) is 11.9. The fraction of sp³-hybridized carbons (Fsp3) is 0.278. The minimum atomic E-state index is -0.629. The standard InChI is InChI=1S/C18H18O3/c1-21-14-9-7-13(8-10-14)18-16(20)11-15(19)17(18)12-5-3-2-4-6-12/h2-10,16-18,20H,11H2,1H3/t16-,17-,18-/m0/s1. The molecule has 0 radical (unpaired) electrons. The van der Waals surface area contributed by atoms with Crippen molar-refractivity contribution in [2.75, 3.05) is 7.11 Å². The molecule has 21 heavy (non-hydrogen) atoms. The first kappa shape index (κ1) is 13.8. The van der Waals surface area contributed by atoms with Crippen molar-refractivity contribution in [2.45, 2.75) is 24.4 Å². The van der Waals surface area contributed by atoms with E-state index in [2.05, 4.69) is 0 Å². The quantitative estimate of drug-likeness (QED) is 0.941. The minimum absolute atomic E-state index is 0.106. The van der Waals surface area contributed by atoms with Crippen molar-refractivity contribution in [1.82, 2.24) is 0 Å². The molecule has 2 aromatic carbocycles. The summed E-state index contributed by atoms with van der Waals surface area (Å²) in [6.07, 6.45) is -0.410. The summed E-state index contributed by atoms with van der Waals surface area (Å²) in [5.41, 5.74) is 1.95. The van der Waals surface area contributed by atoms with Gasteiger partial charge in [-0.3, -0.25) is 4.79 Å². The van der Waals surface area contributed by atoms with Gasteiger partial charge in [-0.05, 0) is 23.3 Å². The first-order valence-electron chi connectivity index (χ1n) is 7.10. The molecule has 0 heterocycles.